The number of hydrogen-bond acceptors (Lipinski definition) is 8. The Kier molecular flexibility index (Phi) is 4.14. The Morgan fingerprint density at radius 3 is 2.86 bits per heavy atom. The van der Waals surface area contributed by atoms with Gasteiger partial charge in [0.2, 0.25) is 5.95 Å². The summed E-state index contributed by atoms with van der Waals surface area (Å²) >= 11 is 0. The molecule has 1 amide bonds. The first-order valence-electron chi connectivity index (χ1n) is 9.09. The zero-order chi connectivity index (χ0) is 19.8. The van der Waals surface area contributed by atoms with Crippen LogP contribution in [0, 0.1) is 0 Å². The first kappa shape index (κ1) is 17.3. The number of rotatable bonds is 4. The molecule has 0 bridgehead atoms. The number of aromatic nitrogens is 4. The molecule has 3 N–H and O–H groups in total. The standard InChI is InChI=1S/C20H17N7O2/c21-15-9-27(10-15)18-6-13(3-4-23-18)19(28)26-20-24-7-14-2-1-12(5-16(14)25-20)17-8-22-11-29-17/h1-8,11,15H,9-10,21H2,(H,24,25,26,28). The molecule has 3 aromatic heterocycles. The number of nitrogens with two attached hydrogens (primary N) is 1. The lowest BCUT2D eigenvalue weighted by Gasteiger charge is -2.37. The van der Waals surface area contributed by atoms with Crippen LogP contribution < -0.4 is 16.0 Å². The van der Waals surface area contributed by atoms with E-state index in [1.807, 2.05) is 23.1 Å². The predicted octanol–water partition coefficient (Wildman–Crippen LogP) is 2.08. The van der Waals surface area contributed by atoms with Gasteiger partial charge in [0.05, 0.1) is 11.7 Å². The van der Waals surface area contributed by atoms with Gasteiger partial charge in [-0.3, -0.25) is 10.1 Å². The number of pyridine rings is 1. The summed E-state index contributed by atoms with van der Waals surface area (Å²) in [6, 6.07) is 9.22. The SMILES string of the molecule is NC1CN(c2cc(C(=O)Nc3ncc4ccc(-c5cnco5)cc4n3)ccn2)C1. The van der Waals surface area contributed by atoms with Crippen molar-refractivity contribution in [1.29, 1.82) is 0 Å². The number of carbonyl (C=O) groups is 1. The maximum atomic E-state index is 12.7. The minimum atomic E-state index is -0.302. The zero-order valence-electron chi connectivity index (χ0n) is 15.3. The minimum Gasteiger partial charge on any atom is -0.444 e. The number of anilines is 2. The van der Waals surface area contributed by atoms with Gasteiger partial charge in [-0.1, -0.05) is 12.1 Å². The van der Waals surface area contributed by atoms with Gasteiger partial charge in [0, 0.05) is 48.0 Å². The number of hydrogen-bond donors (Lipinski definition) is 2. The lowest BCUT2D eigenvalue weighted by Crippen LogP contribution is -2.56. The summed E-state index contributed by atoms with van der Waals surface area (Å²) in [5, 5.41) is 3.60. The predicted molar refractivity (Wildman–Crippen MR) is 107 cm³/mol. The summed E-state index contributed by atoms with van der Waals surface area (Å²) in [6.07, 6.45) is 6.29. The van der Waals surface area contributed by atoms with Crippen LogP contribution in [0.3, 0.4) is 0 Å². The van der Waals surface area contributed by atoms with E-state index in [0.29, 0.717) is 16.8 Å². The highest BCUT2D eigenvalue weighted by Gasteiger charge is 2.24. The van der Waals surface area contributed by atoms with Gasteiger partial charge in [-0.2, -0.15) is 0 Å². The van der Waals surface area contributed by atoms with Crippen molar-refractivity contribution in [3.05, 3.63) is 60.9 Å². The average molecular weight is 387 g/mol. The Morgan fingerprint density at radius 1 is 1.17 bits per heavy atom. The van der Waals surface area contributed by atoms with E-state index >= 15 is 0 Å². The fraction of sp³-hybridized carbons (Fsp3) is 0.150. The fourth-order valence-electron chi connectivity index (χ4n) is 3.20. The Hall–Kier alpha value is -3.85. The van der Waals surface area contributed by atoms with Crippen molar-refractivity contribution in [1.82, 2.24) is 19.9 Å². The van der Waals surface area contributed by atoms with E-state index in [9.17, 15) is 4.79 Å². The second kappa shape index (κ2) is 6.95. The molecule has 0 radical (unpaired) electrons. The highest BCUT2D eigenvalue weighted by atomic mass is 16.3. The van der Waals surface area contributed by atoms with Crippen LogP contribution in [0.2, 0.25) is 0 Å². The van der Waals surface area contributed by atoms with Gasteiger partial charge in [0.1, 0.15) is 5.82 Å². The molecule has 1 saturated heterocycles. The molecule has 9 nitrogen and oxygen atoms in total. The number of benzene rings is 1. The van der Waals surface area contributed by atoms with E-state index in [1.54, 1.807) is 30.7 Å². The second-order valence-corrected chi connectivity index (χ2v) is 6.85. The number of nitrogens with one attached hydrogen (secondary N) is 1. The third-order valence-corrected chi connectivity index (χ3v) is 4.77. The molecule has 5 rings (SSSR count). The molecular formula is C20H17N7O2. The topological polar surface area (TPSA) is 123 Å². The molecule has 0 aliphatic carbocycles. The van der Waals surface area contributed by atoms with Crippen LogP contribution >= 0.6 is 0 Å². The highest BCUT2D eigenvalue weighted by Crippen LogP contribution is 2.24. The molecule has 144 valence electrons. The van der Waals surface area contributed by atoms with Crippen molar-refractivity contribution in [2.75, 3.05) is 23.3 Å². The van der Waals surface area contributed by atoms with E-state index in [0.717, 1.165) is 29.9 Å². The Labute approximate surface area is 165 Å². The zero-order valence-corrected chi connectivity index (χ0v) is 15.3. The number of amides is 1. The molecule has 1 aliphatic rings. The van der Waals surface area contributed by atoms with Crippen LogP contribution in [0.25, 0.3) is 22.2 Å². The van der Waals surface area contributed by atoms with E-state index in [-0.39, 0.29) is 17.9 Å². The molecular weight excluding hydrogens is 370 g/mol. The van der Waals surface area contributed by atoms with Crippen LogP contribution in [-0.4, -0.2) is 45.0 Å². The molecule has 0 atom stereocenters. The van der Waals surface area contributed by atoms with Gasteiger partial charge in [-0.25, -0.2) is 19.9 Å². The molecule has 1 fully saturated rings. The Bertz CT molecular complexity index is 1190. The van der Waals surface area contributed by atoms with E-state index in [2.05, 4.69) is 25.3 Å². The maximum absolute atomic E-state index is 12.7. The molecule has 0 unspecified atom stereocenters. The molecule has 1 aromatic carbocycles. The van der Waals surface area contributed by atoms with Crippen LogP contribution in [0.4, 0.5) is 11.8 Å². The van der Waals surface area contributed by atoms with Crippen molar-refractivity contribution < 1.29 is 9.21 Å². The fourth-order valence-corrected chi connectivity index (χ4v) is 3.20. The Balaban J connectivity index is 1.38. The summed E-state index contributed by atoms with van der Waals surface area (Å²) in [4.78, 5) is 31.6. The lowest BCUT2D eigenvalue weighted by molar-refractivity contribution is 0.102. The van der Waals surface area contributed by atoms with Crippen LogP contribution in [0.1, 0.15) is 10.4 Å². The molecule has 9 heteroatoms. The van der Waals surface area contributed by atoms with Crippen molar-refractivity contribution in [3.8, 4) is 11.3 Å². The van der Waals surface area contributed by atoms with E-state index < -0.39 is 0 Å². The van der Waals surface area contributed by atoms with Crippen molar-refractivity contribution >= 4 is 28.6 Å². The summed E-state index contributed by atoms with van der Waals surface area (Å²) in [7, 11) is 0. The quantitative estimate of drug-likeness (QED) is 0.546. The van der Waals surface area contributed by atoms with Gasteiger partial charge in [0.25, 0.3) is 5.91 Å². The number of carbonyl (C=O) groups excluding carboxylic acids is 1. The maximum Gasteiger partial charge on any atom is 0.258 e. The minimum absolute atomic E-state index is 0.155. The number of oxazole rings is 1. The van der Waals surface area contributed by atoms with Gasteiger partial charge >= 0.3 is 0 Å². The molecule has 0 saturated carbocycles. The largest absolute Gasteiger partial charge is 0.444 e. The van der Waals surface area contributed by atoms with Gasteiger partial charge in [-0.05, 0) is 18.2 Å². The number of nitrogens with zero attached hydrogens (tertiary/aromatic N) is 5. The highest BCUT2D eigenvalue weighted by molar-refractivity contribution is 6.04. The number of fused-ring (bicyclic) bond motifs is 1. The molecule has 1 aliphatic heterocycles. The summed E-state index contributed by atoms with van der Waals surface area (Å²) < 4.78 is 5.33. The summed E-state index contributed by atoms with van der Waals surface area (Å²) in [5.74, 6) is 1.30. The summed E-state index contributed by atoms with van der Waals surface area (Å²) in [6.45, 7) is 1.47. The van der Waals surface area contributed by atoms with Gasteiger partial charge in [0.15, 0.2) is 12.2 Å². The third-order valence-electron chi connectivity index (χ3n) is 4.77. The second-order valence-electron chi connectivity index (χ2n) is 6.85. The van der Waals surface area contributed by atoms with E-state index in [1.165, 1.54) is 6.39 Å². The molecule has 0 spiro atoms. The first-order chi connectivity index (χ1) is 14.2. The smallest absolute Gasteiger partial charge is 0.258 e. The van der Waals surface area contributed by atoms with Crippen LogP contribution in [0.5, 0.6) is 0 Å². The summed E-state index contributed by atoms with van der Waals surface area (Å²) in [5.41, 5.74) is 7.83. The molecule has 4 aromatic rings. The lowest BCUT2D eigenvalue weighted by atomic mass is 10.1. The molecule has 29 heavy (non-hydrogen) atoms. The van der Waals surface area contributed by atoms with Crippen molar-refractivity contribution in [3.63, 3.8) is 0 Å². The van der Waals surface area contributed by atoms with Crippen molar-refractivity contribution in [2.24, 2.45) is 5.73 Å². The Morgan fingerprint density at radius 2 is 2.07 bits per heavy atom. The third kappa shape index (κ3) is 3.39. The van der Waals surface area contributed by atoms with E-state index in [4.69, 9.17) is 10.2 Å². The van der Waals surface area contributed by atoms with Crippen molar-refractivity contribution in [2.45, 2.75) is 6.04 Å². The molecule has 4 heterocycles. The average Bonchev–Trinajstić information content (AvgIpc) is 3.26. The first-order valence-corrected chi connectivity index (χ1v) is 9.09. The van der Waals surface area contributed by atoms with Crippen LogP contribution in [-0.2, 0) is 0 Å². The monoisotopic (exact) mass is 387 g/mol. The van der Waals surface area contributed by atoms with Crippen LogP contribution in [0.15, 0.2) is 59.7 Å². The van der Waals surface area contributed by atoms with Gasteiger partial charge in [-0.15, -0.1) is 0 Å². The van der Waals surface area contributed by atoms with Gasteiger partial charge < -0.3 is 15.1 Å². The normalized spacial score (nSPS) is 14.0.